The lowest BCUT2D eigenvalue weighted by Crippen LogP contribution is -1.97. The average molecular weight is 512 g/mol. The molecule has 1 atom stereocenters. The van der Waals surface area contributed by atoms with Crippen LogP contribution in [0.1, 0.15) is 29.5 Å². The van der Waals surface area contributed by atoms with Gasteiger partial charge in [-0.25, -0.2) is 0 Å². The van der Waals surface area contributed by atoms with Crippen molar-refractivity contribution in [3.05, 3.63) is 64.9 Å². The van der Waals surface area contributed by atoms with Gasteiger partial charge in [0.05, 0.1) is 0 Å². The summed E-state index contributed by atoms with van der Waals surface area (Å²) in [6.07, 6.45) is 0. The monoisotopic (exact) mass is 508 g/mol. The lowest BCUT2D eigenvalue weighted by atomic mass is 9.93. The van der Waals surface area contributed by atoms with Gasteiger partial charge < -0.3 is 0 Å². The fraction of sp³-hybridized carbons (Fsp3) is 0.200. The van der Waals surface area contributed by atoms with Gasteiger partial charge in [0.2, 0.25) is 0 Å². The fourth-order valence-electron chi connectivity index (χ4n) is 1.93. The van der Waals surface area contributed by atoms with Gasteiger partial charge in [0.15, 0.2) is 0 Å². The van der Waals surface area contributed by atoms with Crippen LogP contribution < -0.4 is 0 Å². The predicted molar refractivity (Wildman–Crippen MR) is 95.9 cm³/mol. The lowest BCUT2D eigenvalue weighted by Gasteiger charge is -2.16. The first-order chi connectivity index (χ1) is 8.88. The molecule has 0 radical (unpaired) electrons. The van der Waals surface area contributed by atoms with E-state index in [2.05, 4.69) is 108 Å². The smallest absolute Gasteiger partial charge is 0.0218 e. The minimum atomic E-state index is 0.335. The van der Waals surface area contributed by atoms with Crippen molar-refractivity contribution in [1.29, 1.82) is 0 Å². The molecule has 0 spiro atoms. The molecule has 100 valence electrons. The topological polar surface area (TPSA) is 0 Å². The van der Waals surface area contributed by atoms with E-state index < -0.39 is 0 Å². The SMILES string of the molecule is Cc1c(Br)cc(C(C)c2cc(Br)cc(Br)c2)cc1Br. The van der Waals surface area contributed by atoms with Crippen LogP contribution in [0.25, 0.3) is 0 Å². The normalized spacial score (nSPS) is 12.5. The second-order valence-corrected chi connectivity index (χ2v) is 8.07. The molecule has 0 saturated heterocycles. The molecule has 2 aromatic rings. The summed E-state index contributed by atoms with van der Waals surface area (Å²) in [6.45, 7) is 4.32. The van der Waals surface area contributed by atoms with Crippen LogP contribution in [0, 0.1) is 6.92 Å². The van der Waals surface area contributed by atoms with Crippen LogP contribution in [0.5, 0.6) is 0 Å². The minimum absolute atomic E-state index is 0.335. The Labute approximate surface area is 147 Å². The van der Waals surface area contributed by atoms with Crippen molar-refractivity contribution >= 4 is 63.7 Å². The summed E-state index contributed by atoms with van der Waals surface area (Å²) in [5.74, 6) is 0.335. The van der Waals surface area contributed by atoms with Crippen molar-refractivity contribution in [2.75, 3.05) is 0 Å². The van der Waals surface area contributed by atoms with Crippen LogP contribution >= 0.6 is 63.7 Å². The van der Waals surface area contributed by atoms with Crippen molar-refractivity contribution in [3.8, 4) is 0 Å². The molecule has 0 aliphatic carbocycles. The number of hydrogen-bond acceptors (Lipinski definition) is 0. The molecule has 0 fully saturated rings. The second kappa shape index (κ2) is 6.42. The molecule has 0 heterocycles. The summed E-state index contributed by atoms with van der Waals surface area (Å²) in [5, 5.41) is 0. The van der Waals surface area contributed by atoms with Crippen LogP contribution in [-0.2, 0) is 0 Å². The van der Waals surface area contributed by atoms with Gasteiger partial charge in [-0.15, -0.1) is 0 Å². The zero-order valence-electron chi connectivity index (χ0n) is 10.5. The van der Waals surface area contributed by atoms with E-state index in [1.807, 2.05) is 0 Å². The number of halogens is 4. The quantitative estimate of drug-likeness (QED) is 0.400. The molecule has 0 saturated carbocycles. The van der Waals surface area contributed by atoms with E-state index in [-0.39, 0.29) is 0 Å². The van der Waals surface area contributed by atoms with E-state index >= 15 is 0 Å². The van der Waals surface area contributed by atoms with E-state index in [9.17, 15) is 0 Å². The van der Waals surface area contributed by atoms with Gasteiger partial charge in [-0.1, -0.05) is 70.6 Å². The fourth-order valence-corrected chi connectivity index (χ4v) is 4.48. The summed E-state index contributed by atoms with van der Waals surface area (Å²) >= 11 is 14.3. The molecule has 0 bridgehead atoms. The second-order valence-electron chi connectivity index (χ2n) is 4.53. The Morgan fingerprint density at radius 1 is 0.737 bits per heavy atom. The third kappa shape index (κ3) is 3.72. The molecule has 0 nitrogen and oxygen atoms in total. The first-order valence-corrected chi connectivity index (χ1v) is 8.97. The summed E-state index contributed by atoms with van der Waals surface area (Å²) in [5.41, 5.74) is 3.80. The zero-order valence-corrected chi connectivity index (χ0v) is 16.8. The van der Waals surface area contributed by atoms with Crippen LogP contribution in [0.4, 0.5) is 0 Å². The molecule has 0 aliphatic heterocycles. The van der Waals surface area contributed by atoms with Gasteiger partial charge in [-0.3, -0.25) is 0 Å². The van der Waals surface area contributed by atoms with Gasteiger partial charge in [-0.2, -0.15) is 0 Å². The molecule has 0 aliphatic rings. The van der Waals surface area contributed by atoms with Gasteiger partial charge in [0, 0.05) is 23.8 Å². The molecule has 0 N–H and O–H groups in total. The van der Waals surface area contributed by atoms with Gasteiger partial charge in [0.1, 0.15) is 0 Å². The summed E-state index contributed by atoms with van der Waals surface area (Å²) < 4.78 is 4.46. The van der Waals surface area contributed by atoms with Crippen molar-refractivity contribution in [2.24, 2.45) is 0 Å². The maximum Gasteiger partial charge on any atom is 0.0218 e. The van der Waals surface area contributed by atoms with Gasteiger partial charge >= 0.3 is 0 Å². The van der Waals surface area contributed by atoms with Crippen molar-refractivity contribution in [2.45, 2.75) is 19.8 Å². The molecule has 4 heteroatoms. The summed E-state index contributed by atoms with van der Waals surface area (Å²) in [7, 11) is 0. The highest BCUT2D eigenvalue weighted by Gasteiger charge is 2.13. The Kier molecular flexibility index (Phi) is 5.32. The largest absolute Gasteiger partial charge is 0.0543 e. The first-order valence-electron chi connectivity index (χ1n) is 5.80. The third-order valence-electron chi connectivity index (χ3n) is 3.19. The van der Waals surface area contributed by atoms with E-state index in [1.165, 1.54) is 16.7 Å². The van der Waals surface area contributed by atoms with Crippen molar-refractivity contribution in [1.82, 2.24) is 0 Å². The van der Waals surface area contributed by atoms with Crippen molar-refractivity contribution in [3.63, 3.8) is 0 Å². The highest BCUT2D eigenvalue weighted by atomic mass is 79.9. The molecular weight excluding hydrogens is 500 g/mol. The molecule has 2 aromatic carbocycles. The third-order valence-corrected chi connectivity index (χ3v) is 5.75. The molecule has 19 heavy (non-hydrogen) atoms. The Morgan fingerprint density at radius 2 is 1.16 bits per heavy atom. The highest BCUT2D eigenvalue weighted by molar-refractivity contribution is 9.11. The Bertz CT molecular complexity index is 576. The molecule has 0 amide bonds. The van der Waals surface area contributed by atoms with E-state index in [0.29, 0.717) is 5.92 Å². The predicted octanol–water partition coefficient (Wildman–Crippen LogP) is 7.20. The van der Waals surface area contributed by atoms with Crippen LogP contribution in [0.3, 0.4) is 0 Å². The molecule has 2 rings (SSSR count). The maximum absolute atomic E-state index is 3.62. The van der Waals surface area contributed by atoms with Crippen LogP contribution in [-0.4, -0.2) is 0 Å². The standard InChI is InChI=1S/C15H12Br4/c1-8(10-3-12(16)7-13(17)4-10)11-5-14(18)9(2)15(19)6-11/h3-8H,1-2H3. The Balaban J connectivity index is 2.46. The van der Waals surface area contributed by atoms with Crippen molar-refractivity contribution < 1.29 is 0 Å². The first kappa shape index (κ1) is 15.7. The summed E-state index contributed by atoms with van der Waals surface area (Å²) in [6, 6.07) is 10.8. The lowest BCUT2D eigenvalue weighted by molar-refractivity contribution is 0.916. The van der Waals surface area contributed by atoms with Gasteiger partial charge in [-0.05, 0) is 53.9 Å². The summed E-state index contributed by atoms with van der Waals surface area (Å²) in [4.78, 5) is 0. The Morgan fingerprint density at radius 3 is 1.63 bits per heavy atom. The maximum atomic E-state index is 3.62. The van der Waals surface area contributed by atoms with Gasteiger partial charge in [0.25, 0.3) is 0 Å². The molecule has 1 unspecified atom stereocenters. The zero-order chi connectivity index (χ0) is 14.2. The van der Waals surface area contributed by atoms with Crippen LogP contribution in [0.2, 0.25) is 0 Å². The average Bonchev–Trinajstić information content (AvgIpc) is 2.33. The number of hydrogen-bond donors (Lipinski definition) is 0. The Hall–Kier alpha value is 0.360. The number of benzene rings is 2. The van der Waals surface area contributed by atoms with Crippen LogP contribution in [0.15, 0.2) is 48.2 Å². The highest BCUT2D eigenvalue weighted by Crippen LogP contribution is 2.34. The molecule has 0 aromatic heterocycles. The number of rotatable bonds is 2. The molecular formula is C15H12Br4. The van der Waals surface area contributed by atoms with E-state index in [0.717, 1.165) is 17.9 Å². The minimum Gasteiger partial charge on any atom is -0.0543 e. The van der Waals surface area contributed by atoms with E-state index in [1.54, 1.807) is 0 Å². The van der Waals surface area contributed by atoms with E-state index in [4.69, 9.17) is 0 Å².